The van der Waals surface area contributed by atoms with Crippen molar-refractivity contribution >= 4 is 22.9 Å². The Labute approximate surface area is 117 Å². The van der Waals surface area contributed by atoms with E-state index in [2.05, 4.69) is 34.5 Å². The van der Waals surface area contributed by atoms with Gasteiger partial charge in [0.2, 0.25) is 0 Å². The summed E-state index contributed by atoms with van der Waals surface area (Å²) in [5, 5.41) is 2.02. The smallest absolute Gasteiger partial charge is 0.123 e. The number of aryl methyl sites for hydroxylation is 2. The second kappa shape index (κ2) is 5.95. The Bertz CT molecular complexity index is 584. The highest BCUT2D eigenvalue weighted by Gasteiger charge is 2.09. The molecule has 2 heterocycles. The minimum atomic E-state index is 0.714. The van der Waals surface area contributed by atoms with Crippen LogP contribution in [-0.4, -0.2) is 17.9 Å². The Morgan fingerprint density at radius 2 is 2.16 bits per heavy atom. The maximum Gasteiger partial charge on any atom is 0.123 e. The van der Waals surface area contributed by atoms with Crippen LogP contribution in [0.4, 0.5) is 5.69 Å². The number of nitrogens with zero attached hydrogens (tertiary/aromatic N) is 2. The lowest BCUT2D eigenvalue weighted by Gasteiger charge is -2.05. The van der Waals surface area contributed by atoms with Gasteiger partial charge in [-0.2, -0.15) is 0 Å². The first kappa shape index (κ1) is 13.7. The molecule has 0 aliphatic heterocycles. The molecule has 100 valence electrons. The molecule has 0 aromatic carbocycles. The minimum absolute atomic E-state index is 0.714. The lowest BCUT2D eigenvalue weighted by Crippen LogP contribution is -2.17. The summed E-state index contributed by atoms with van der Waals surface area (Å²) < 4.78 is 0. The van der Waals surface area contributed by atoms with Gasteiger partial charge in [0.15, 0.2) is 0 Å². The first-order chi connectivity index (χ1) is 9.10. The molecule has 5 heteroatoms. The normalized spacial score (nSPS) is 11.7. The lowest BCUT2D eigenvalue weighted by molar-refractivity contribution is 0.144. The van der Waals surface area contributed by atoms with E-state index in [1.165, 1.54) is 5.56 Å². The van der Waals surface area contributed by atoms with Crippen molar-refractivity contribution in [2.24, 2.45) is 4.99 Å². The maximum atomic E-state index is 4.84. The molecule has 0 fully saturated rings. The van der Waals surface area contributed by atoms with E-state index in [-0.39, 0.29) is 0 Å². The van der Waals surface area contributed by atoms with Gasteiger partial charge in [-0.25, -0.2) is 4.99 Å². The zero-order valence-electron chi connectivity index (χ0n) is 11.5. The molecule has 19 heavy (non-hydrogen) atoms. The third-order valence-electron chi connectivity index (χ3n) is 2.51. The largest absolute Gasteiger partial charge is 0.278 e. The minimum Gasteiger partial charge on any atom is -0.278 e. The molecule has 0 bridgehead atoms. The van der Waals surface area contributed by atoms with Gasteiger partial charge >= 0.3 is 0 Å². The van der Waals surface area contributed by atoms with Crippen LogP contribution in [-0.2, 0) is 4.84 Å². The van der Waals surface area contributed by atoms with Gasteiger partial charge < -0.3 is 0 Å². The second-order valence-electron chi connectivity index (χ2n) is 4.31. The van der Waals surface area contributed by atoms with Crippen LogP contribution in [0.3, 0.4) is 0 Å². The van der Waals surface area contributed by atoms with Gasteiger partial charge in [0.1, 0.15) is 5.84 Å². The van der Waals surface area contributed by atoms with Crippen LogP contribution in [0.25, 0.3) is 10.6 Å². The van der Waals surface area contributed by atoms with Gasteiger partial charge in [0, 0.05) is 5.69 Å². The molecule has 0 aliphatic rings. The summed E-state index contributed by atoms with van der Waals surface area (Å²) in [5.74, 6) is 0.714. The fraction of sp³-hybridized carbons (Fsp3) is 0.286. The Morgan fingerprint density at radius 1 is 1.37 bits per heavy atom. The van der Waals surface area contributed by atoms with Crippen molar-refractivity contribution in [1.82, 2.24) is 10.5 Å². The van der Waals surface area contributed by atoms with Gasteiger partial charge in [0.25, 0.3) is 0 Å². The third kappa shape index (κ3) is 3.39. The summed E-state index contributed by atoms with van der Waals surface area (Å²) >= 11 is 1.64. The predicted molar refractivity (Wildman–Crippen MR) is 79.9 cm³/mol. The maximum absolute atomic E-state index is 4.84. The molecule has 2 aromatic heterocycles. The van der Waals surface area contributed by atoms with E-state index in [0.717, 1.165) is 22.0 Å². The predicted octanol–water partition coefficient (Wildman–Crippen LogP) is 3.63. The zero-order valence-corrected chi connectivity index (χ0v) is 12.3. The van der Waals surface area contributed by atoms with Crippen LogP contribution in [0.2, 0.25) is 0 Å². The monoisotopic (exact) mass is 275 g/mol. The molecule has 2 rings (SSSR count). The third-order valence-corrected chi connectivity index (χ3v) is 3.44. The van der Waals surface area contributed by atoms with Gasteiger partial charge in [-0.1, -0.05) is 0 Å². The Hall–Kier alpha value is -1.72. The number of pyridine rings is 1. The standard InChI is InChI=1S/C14H17N3OS/c1-9-7-10(2)15-13(8-9)14-12(5-6-19-14)16-11(3)17-18-4/h5-8H,1-4H3,(H,16,17). The molecule has 0 saturated heterocycles. The van der Waals surface area contributed by atoms with Crippen LogP contribution in [0, 0.1) is 13.8 Å². The van der Waals surface area contributed by atoms with Crippen LogP contribution < -0.4 is 5.48 Å². The van der Waals surface area contributed by atoms with Gasteiger partial charge in [-0.05, 0) is 49.9 Å². The highest BCUT2D eigenvalue weighted by atomic mass is 32.1. The molecule has 0 aliphatic carbocycles. The van der Waals surface area contributed by atoms with E-state index in [0.29, 0.717) is 5.84 Å². The summed E-state index contributed by atoms with van der Waals surface area (Å²) in [6.45, 7) is 5.94. The number of aromatic nitrogens is 1. The van der Waals surface area contributed by atoms with Crippen molar-refractivity contribution in [2.75, 3.05) is 7.11 Å². The highest BCUT2D eigenvalue weighted by Crippen LogP contribution is 2.35. The summed E-state index contributed by atoms with van der Waals surface area (Å²) in [6, 6.07) is 6.13. The van der Waals surface area contributed by atoms with E-state index in [1.54, 1.807) is 18.4 Å². The number of nitrogens with one attached hydrogen (secondary N) is 1. The fourth-order valence-electron chi connectivity index (χ4n) is 1.89. The highest BCUT2D eigenvalue weighted by molar-refractivity contribution is 7.14. The van der Waals surface area contributed by atoms with Crippen LogP contribution in [0.15, 0.2) is 28.6 Å². The molecular weight excluding hydrogens is 258 g/mol. The van der Waals surface area contributed by atoms with E-state index in [4.69, 9.17) is 4.84 Å². The number of hydroxylamine groups is 1. The number of thiophene rings is 1. The van der Waals surface area contributed by atoms with Crippen molar-refractivity contribution in [3.8, 4) is 10.6 Å². The quantitative estimate of drug-likeness (QED) is 0.528. The number of hydrogen-bond acceptors (Lipinski definition) is 4. The van der Waals surface area contributed by atoms with E-state index in [9.17, 15) is 0 Å². The Morgan fingerprint density at radius 3 is 2.84 bits per heavy atom. The van der Waals surface area contributed by atoms with Crippen LogP contribution in [0.1, 0.15) is 18.2 Å². The SMILES string of the molecule is CONC(C)=Nc1ccsc1-c1cc(C)cc(C)n1. The molecule has 0 atom stereocenters. The van der Waals surface area contributed by atoms with E-state index < -0.39 is 0 Å². The number of rotatable bonds is 3. The number of aliphatic imine (C=N–C) groups is 1. The van der Waals surface area contributed by atoms with Crippen molar-refractivity contribution in [3.05, 3.63) is 34.8 Å². The number of hydrogen-bond donors (Lipinski definition) is 1. The fourth-order valence-corrected chi connectivity index (χ4v) is 2.68. The van der Waals surface area contributed by atoms with Crippen molar-refractivity contribution in [2.45, 2.75) is 20.8 Å². The molecule has 0 amide bonds. The summed E-state index contributed by atoms with van der Waals surface area (Å²) in [6.07, 6.45) is 0. The molecule has 0 unspecified atom stereocenters. The zero-order chi connectivity index (χ0) is 13.8. The van der Waals surface area contributed by atoms with Gasteiger partial charge in [-0.3, -0.25) is 15.3 Å². The molecule has 0 radical (unpaired) electrons. The van der Waals surface area contributed by atoms with Crippen molar-refractivity contribution < 1.29 is 4.84 Å². The first-order valence-electron chi connectivity index (χ1n) is 5.97. The molecule has 1 N–H and O–H groups in total. The van der Waals surface area contributed by atoms with E-state index >= 15 is 0 Å². The Balaban J connectivity index is 2.41. The summed E-state index contributed by atoms with van der Waals surface area (Å²) in [7, 11) is 1.57. The average Bonchev–Trinajstić information content (AvgIpc) is 2.76. The molecule has 4 nitrogen and oxygen atoms in total. The Kier molecular flexibility index (Phi) is 4.29. The summed E-state index contributed by atoms with van der Waals surface area (Å²) in [5.41, 5.74) is 6.82. The second-order valence-corrected chi connectivity index (χ2v) is 5.23. The van der Waals surface area contributed by atoms with Gasteiger partial charge in [0.05, 0.1) is 23.4 Å². The average molecular weight is 275 g/mol. The van der Waals surface area contributed by atoms with Gasteiger partial charge in [-0.15, -0.1) is 11.3 Å². The number of amidine groups is 1. The molecule has 0 saturated carbocycles. The van der Waals surface area contributed by atoms with E-state index in [1.807, 2.05) is 25.3 Å². The van der Waals surface area contributed by atoms with Crippen LogP contribution >= 0.6 is 11.3 Å². The summed E-state index contributed by atoms with van der Waals surface area (Å²) in [4.78, 5) is 15.0. The lowest BCUT2D eigenvalue weighted by atomic mass is 10.2. The molecule has 0 spiro atoms. The topological polar surface area (TPSA) is 46.5 Å². The van der Waals surface area contributed by atoms with Crippen molar-refractivity contribution in [3.63, 3.8) is 0 Å². The molecule has 2 aromatic rings. The first-order valence-corrected chi connectivity index (χ1v) is 6.85. The van der Waals surface area contributed by atoms with Crippen LogP contribution in [0.5, 0.6) is 0 Å². The molecular formula is C14H17N3OS. The van der Waals surface area contributed by atoms with Crippen molar-refractivity contribution in [1.29, 1.82) is 0 Å².